The normalized spacial score (nSPS) is 20.2. The summed E-state index contributed by atoms with van der Waals surface area (Å²) in [5.74, 6) is 2.02. The Balaban J connectivity index is 1.57. The number of aryl methyl sites for hydroxylation is 2. The SMILES string of the molecule is CCc1ccc([C@H]2CN(C(=O)OC(C)(C)C)CCN2Cc2nnc(C)n2C2CC2)cc1. The number of aromatic nitrogens is 3. The standard InChI is InChI=1S/C24H35N5O2/c1-6-18-7-9-19(10-8-18)21-15-28(23(30)31-24(3,4)5)14-13-27(21)16-22-26-25-17(2)29(22)20-11-12-20/h7-10,20-21H,6,11-16H2,1-5H3/t21-/m1/s1. The fourth-order valence-corrected chi connectivity index (χ4v) is 4.30. The van der Waals surface area contributed by atoms with Gasteiger partial charge in [-0.05, 0) is 58.1 Å². The Bertz CT molecular complexity index is 911. The molecule has 2 aliphatic rings. The second-order valence-electron chi connectivity index (χ2n) is 9.77. The maximum absolute atomic E-state index is 12.8. The third-order valence-electron chi connectivity index (χ3n) is 6.11. The molecule has 2 heterocycles. The van der Waals surface area contributed by atoms with Gasteiger partial charge in [-0.1, -0.05) is 31.2 Å². The highest BCUT2D eigenvalue weighted by Crippen LogP contribution is 2.37. The molecule has 0 unspecified atom stereocenters. The van der Waals surface area contributed by atoms with Crippen LogP contribution in [0.1, 0.15) is 75.4 Å². The van der Waals surface area contributed by atoms with Crippen LogP contribution in [0, 0.1) is 6.92 Å². The van der Waals surface area contributed by atoms with Crippen LogP contribution in [-0.2, 0) is 17.7 Å². The summed E-state index contributed by atoms with van der Waals surface area (Å²) in [5, 5.41) is 8.84. The second kappa shape index (κ2) is 8.61. The molecule has 1 aliphatic carbocycles. The molecule has 1 saturated carbocycles. The fourth-order valence-electron chi connectivity index (χ4n) is 4.30. The van der Waals surface area contributed by atoms with Crippen molar-refractivity contribution >= 4 is 6.09 Å². The Hall–Kier alpha value is -2.41. The highest BCUT2D eigenvalue weighted by atomic mass is 16.6. The van der Waals surface area contributed by atoms with E-state index >= 15 is 0 Å². The molecule has 7 heteroatoms. The first-order valence-corrected chi connectivity index (χ1v) is 11.5. The van der Waals surface area contributed by atoms with E-state index in [0.717, 1.165) is 31.2 Å². The Morgan fingerprint density at radius 1 is 1.13 bits per heavy atom. The minimum absolute atomic E-state index is 0.0943. The van der Waals surface area contributed by atoms with Crippen molar-refractivity contribution in [1.29, 1.82) is 0 Å². The summed E-state index contributed by atoms with van der Waals surface area (Å²) in [6.07, 6.45) is 3.20. The first-order valence-electron chi connectivity index (χ1n) is 11.5. The molecule has 2 fully saturated rings. The lowest BCUT2D eigenvalue weighted by atomic mass is 10.00. The number of carbonyl (C=O) groups excluding carboxylic acids is 1. The molecule has 7 nitrogen and oxygen atoms in total. The highest BCUT2D eigenvalue weighted by molar-refractivity contribution is 5.68. The summed E-state index contributed by atoms with van der Waals surface area (Å²) in [4.78, 5) is 17.0. The summed E-state index contributed by atoms with van der Waals surface area (Å²) in [5.41, 5.74) is 2.05. The number of carbonyl (C=O) groups is 1. The molecule has 1 saturated heterocycles. The fraction of sp³-hybridized carbons (Fsp3) is 0.625. The molecule has 1 amide bonds. The molecular formula is C24H35N5O2. The van der Waals surface area contributed by atoms with Gasteiger partial charge in [0.15, 0.2) is 0 Å². The molecule has 31 heavy (non-hydrogen) atoms. The molecule has 0 bridgehead atoms. The largest absolute Gasteiger partial charge is 0.444 e. The van der Waals surface area contributed by atoms with Gasteiger partial charge in [-0.15, -0.1) is 10.2 Å². The molecule has 0 spiro atoms. The Morgan fingerprint density at radius 2 is 1.84 bits per heavy atom. The van der Waals surface area contributed by atoms with Gasteiger partial charge in [-0.2, -0.15) is 0 Å². The first kappa shape index (κ1) is 21.8. The smallest absolute Gasteiger partial charge is 0.410 e. The molecule has 4 rings (SSSR count). The summed E-state index contributed by atoms with van der Waals surface area (Å²) < 4.78 is 7.96. The van der Waals surface area contributed by atoms with Crippen LogP contribution in [-0.4, -0.2) is 55.9 Å². The van der Waals surface area contributed by atoms with Crippen molar-refractivity contribution in [2.45, 2.75) is 78.1 Å². The molecule has 1 atom stereocenters. The van der Waals surface area contributed by atoms with E-state index < -0.39 is 5.60 Å². The van der Waals surface area contributed by atoms with Gasteiger partial charge in [0.05, 0.1) is 12.6 Å². The van der Waals surface area contributed by atoms with Crippen molar-refractivity contribution in [1.82, 2.24) is 24.6 Å². The number of piperazine rings is 1. The lowest BCUT2D eigenvalue weighted by Gasteiger charge is -2.41. The average Bonchev–Trinajstić information content (AvgIpc) is 3.50. The Kier molecular flexibility index (Phi) is 6.06. The predicted molar refractivity (Wildman–Crippen MR) is 120 cm³/mol. The molecular weight excluding hydrogens is 390 g/mol. The van der Waals surface area contributed by atoms with Crippen molar-refractivity contribution in [2.75, 3.05) is 19.6 Å². The van der Waals surface area contributed by atoms with Crippen molar-refractivity contribution in [3.05, 3.63) is 47.0 Å². The van der Waals surface area contributed by atoms with E-state index in [2.05, 4.69) is 50.9 Å². The van der Waals surface area contributed by atoms with Gasteiger partial charge < -0.3 is 14.2 Å². The first-order chi connectivity index (χ1) is 14.7. The van der Waals surface area contributed by atoms with Gasteiger partial charge >= 0.3 is 6.09 Å². The van der Waals surface area contributed by atoms with E-state index in [0.29, 0.717) is 19.1 Å². The van der Waals surface area contributed by atoms with Crippen LogP contribution in [0.25, 0.3) is 0 Å². The number of benzene rings is 1. The Labute approximate surface area is 185 Å². The van der Waals surface area contributed by atoms with Gasteiger partial charge in [-0.25, -0.2) is 4.79 Å². The maximum Gasteiger partial charge on any atom is 0.410 e. The number of nitrogens with zero attached hydrogens (tertiary/aromatic N) is 5. The molecule has 1 aromatic carbocycles. The van der Waals surface area contributed by atoms with Crippen LogP contribution < -0.4 is 0 Å². The van der Waals surface area contributed by atoms with Crippen LogP contribution in [0.2, 0.25) is 0 Å². The van der Waals surface area contributed by atoms with Gasteiger partial charge in [0, 0.05) is 25.7 Å². The quantitative estimate of drug-likeness (QED) is 0.716. The zero-order valence-electron chi connectivity index (χ0n) is 19.5. The van der Waals surface area contributed by atoms with Gasteiger partial charge in [0.2, 0.25) is 0 Å². The van der Waals surface area contributed by atoms with Gasteiger partial charge in [0.25, 0.3) is 0 Å². The number of hydrogen-bond donors (Lipinski definition) is 0. The van der Waals surface area contributed by atoms with Gasteiger partial charge in [0.1, 0.15) is 17.2 Å². The van der Waals surface area contributed by atoms with Crippen LogP contribution in [0.4, 0.5) is 4.79 Å². The van der Waals surface area contributed by atoms with Crippen molar-refractivity contribution in [3.8, 4) is 0 Å². The number of amides is 1. The van der Waals surface area contributed by atoms with Gasteiger partial charge in [-0.3, -0.25) is 4.90 Å². The molecule has 1 aliphatic heterocycles. The average molecular weight is 426 g/mol. The third kappa shape index (κ3) is 5.09. The molecule has 0 radical (unpaired) electrons. The summed E-state index contributed by atoms with van der Waals surface area (Å²) in [6.45, 7) is 12.7. The van der Waals surface area contributed by atoms with Crippen LogP contribution in [0.3, 0.4) is 0 Å². The lowest BCUT2D eigenvalue weighted by Crippen LogP contribution is -2.51. The van der Waals surface area contributed by atoms with Crippen LogP contribution >= 0.6 is 0 Å². The number of ether oxygens (including phenoxy) is 1. The van der Waals surface area contributed by atoms with Crippen molar-refractivity contribution in [3.63, 3.8) is 0 Å². The van der Waals surface area contributed by atoms with E-state index in [1.807, 2.05) is 32.6 Å². The van der Waals surface area contributed by atoms with E-state index in [1.54, 1.807) is 0 Å². The zero-order chi connectivity index (χ0) is 22.2. The molecule has 168 valence electrons. The van der Waals surface area contributed by atoms with Crippen LogP contribution in [0.15, 0.2) is 24.3 Å². The number of hydrogen-bond acceptors (Lipinski definition) is 5. The minimum Gasteiger partial charge on any atom is -0.444 e. The molecule has 0 N–H and O–H groups in total. The van der Waals surface area contributed by atoms with E-state index in [-0.39, 0.29) is 12.1 Å². The summed E-state index contributed by atoms with van der Waals surface area (Å²) in [7, 11) is 0. The lowest BCUT2D eigenvalue weighted by molar-refractivity contribution is 0.00146. The van der Waals surface area contributed by atoms with E-state index in [9.17, 15) is 4.79 Å². The summed E-state index contributed by atoms with van der Waals surface area (Å²) in [6, 6.07) is 9.43. The van der Waals surface area contributed by atoms with E-state index in [1.165, 1.54) is 24.0 Å². The second-order valence-corrected chi connectivity index (χ2v) is 9.77. The zero-order valence-corrected chi connectivity index (χ0v) is 19.5. The summed E-state index contributed by atoms with van der Waals surface area (Å²) >= 11 is 0. The third-order valence-corrected chi connectivity index (χ3v) is 6.11. The van der Waals surface area contributed by atoms with Crippen molar-refractivity contribution in [2.24, 2.45) is 0 Å². The molecule has 2 aromatic rings. The Morgan fingerprint density at radius 3 is 2.45 bits per heavy atom. The number of rotatable bonds is 5. The topological polar surface area (TPSA) is 63.5 Å². The minimum atomic E-state index is -0.495. The van der Waals surface area contributed by atoms with Crippen LogP contribution in [0.5, 0.6) is 0 Å². The maximum atomic E-state index is 12.8. The monoisotopic (exact) mass is 425 g/mol. The predicted octanol–water partition coefficient (Wildman–Crippen LogP) is 4.28. The van der Waals surface area contributed by atoms with E-state index in [4.69, 9.17) is 4.74 Å². The van der Waals surface area contributed by atoms with Crippen molar-refractivity contribution < 1.29 is 9.53 Å². The highest BCUT2D eigenvalue weighted by Gasteiger charge is 2.35. The molecule has 1 aromatic heterocycles.